The predicted octanol–water partition coefficient (Wildman–Crippen LogP) is 4.70. The van der Waals surface area contributed by atoms with Gasteiger partial charge in [0.15, 0.2) is 0 Å². The standard InChI is InChI=1S/C16H17BrO2S2/c1-9-5-13(19-2)11(7-12(9)17)16(18)15-6-10-8-20-4-3-14(10)21-15/h5-7,16,18H,3-4,8H2,1-2H3. The Balaban J connectivity index is 1.99. The summed E-state index contributed by atoms with van der Waals surface area (Å²) in [5, 5.41) is 10.8. The lowest BCUT2D eigenvalue weighted by Gasteiger charge is -2.15. The maximum Gasteiger partial charge on any atom is 0.125 e. The normalized spacial score (nSPS) is 15.6. The van der Waals surface area contributed by atoms with Crippen molar-refractivity contribution in [2.75, 3.05) is 12.9 Å². The molecule has 0 radical (unpaired) electrons. The van der Waals surface area contributed by atoms with Crippen LogP contribution in [-0.2, 0) is 12.2 Å². The number of thiophene rings is 1. The lowest BCUT2D eigenvalue weighted by molar-refractivity contribution is 0.218. The third kappa shape index (κ3) is 3.02. The quantitative estimate of drug-likeness (QED) is 0.831. The third-order valence-corrected chi connectivity index (χ3v) is 6.87. The maximum atomic E-state index is 10.8. The lowest BCUT2D eigenvalue weighted by Crippen LogP contribution is -2.01. The summed E-state index contributed by atoms with van der Waals surface area (Å²) in [6, 6.07) is 6.09. The number of ether oxygens (including phenoxy) is 1. The van der Waals surface area contributed by atoms with Gasteiger partial charge in [-0.05, 0) is 48.4 Å². The minimum atomic E-state index is -0.627. The van der Waals surface area contributed by atoms with Crippen LogP contribution in [0.25, 0.3) is 0 Å². The maximum absolute atomic E-state index is 10.8. The molecular weight excluding hydrogens is 368 g/mol. The van der Waals surface area contributed by atoms with Crippen molar-refractivity contribution in [2.24, 2.45) is 0 Å². The van der Waals surface area contributed by atoms with Crippen LogP contribution in [-0.4, -0.2) is 18.0 Å². The smallest absolute Gasteiger partial charge is 0.125 e. The predicted molar refractivity (Wildman–Crippen MR) is 93.7 cm³/mol. The molecule has 0 saturated carbocycles. The van der Waals surface area contributed by atoms with E-state index in [9.17, 15) is 5.11 Å². The number of halogens is 1. The molecule has 1 aromatic carbocycles. The summed E-state index contributed by atoms with van der Waals surface area (Å²) < 4.78 is 6.44. The van der Waals surface area contributed by atoms with E-state index in [2.05, 4.69) is 22.0 Å². The Morgan fingerprint density at radius 1 is 1.33 bits per heavy atom. The summed E-state index contributed by atoms with van der Waals surface area (Å²) in [7, 11) is 1.65. The minimum absolute atomic E-state index is 0.627. The van der Waals surface area contributed by atoms with Gasteiger partial charge >= 0.3 is 0 Å². The van der Waals surface area contributed by atoms with Crippen LogP contribution in [0.2, 0.25) is 0 Å². The van der Waals surface area contributed by atoms with Gasteiger partial charge in [-0.25, -0.2) is 0 Å². The molecule has 0 fully saturated rings. The minimum Gasteiger partial charge on any atom is -0.496 e. The zero-order valence-electron chi connectivity index (χ0n) is 12.0. The number of benzene rings is 1. The number of hydrogen-bond donors (Lipinski definition) is 1. The Morgan fingerprint density at radius 2 is 2.14 bits per heavy atom. The third-order valence-electron chi connectivity index (χ3n) is 3.72. The second-order valence-corrected chi connectivity index (χ2v) is 8.27. The number of fused-ring (bicyclic) bond motifs is 1. The van der Waals surface area contributed by atoms with E-state index >= 15 is 0 Å². The summed E-state index contributed by atoms with van der Waals surface area (Å²) in [5.41, 5.74) is 3.31. The molecule has 1 aliphatic heterocycles. The fourth-order valence-corrected chi connectivity index (χ4v) is 5.26. The Morgan fingerprint density at radius 3 is 2.86 bits per heavy atom. The molecule has 1 aliphatic rings. The number of aliphatic hydroxyl groups excluding tert-OH is 1. The molecule has 2 aromatic rings. The van der Waals surface area contributed by atoms with Crippen LogP contribution in [0.1, 0.15) is 32.5 Å². The van der Waals surface area contributed by atoms with Gasteiger partial charge in [0.25, 0.3) is 0 Å². The van der Waals surface area contributed by atoms with E-state index in [4.69, 9.17) is 4.74 Å². The highest BCUT2D eigenvalue weighted by molar-refractivity contribution is 9.10. The number of aryl methyl sites for hydroxylation is 2. The van der Waals surface area contributed by atoms with Crippen LogP contribution < -0.4 is 4.74 Å². The van der Waals surface area contributed by atoms with Crippen molar-refractivity contribution in [3.8, 4) is 5.75 Å². The Hall–Kier alpha value is -0.490. The van der Waals surface area contributed by atoms with Gasteiger partial charge in [0.2, 0.25) is 0 Å². The SMILES string of the molecule is COc1cc(C)c(Br)cc1C(O)c1cc2c(s1)CCSC2. The van der Waals surface area contributed by atoms with Crippen LogP contribution in [0.15, 0.2) is 22.7 Å². The molecule has 5 heteroatoms. The molecule has 2 heterocycles. The van der Waals surface area contributed by atoms with E-state index in [0.29, 0.717) is 0 Å². The number of rotatable bonds is 3. The van der Waals surface area contributed by atoms with Crippen LogP contribution >= 0.6 is 39.0 Å². The van der Waals surface area contributed by atoms with Crippen LogP contribution in [0.3, 0.4) is 0 Å². The number of methoxy groups -OCH3 is 1. The van der Waals surface area contributed by atoms with E-state index in [0.717, 1.165) is 38.4 Å². The lowest BCUT2D eigenvalue weighted by atomic mass is 10.0. The van der Waals surface area contributed by atoms with Gasteiger partial charge < -0.3 is 9.84 Å². The van der Waals surface area contributed by atoms with Crippen LogP contribution in [0.4, 0.5) is 0 Å². The summed E-state index contributed by atoms with van der Waals surface area (Å²) >= 11 is 7.24. The van der Waals surface area contributed by atoms with Gasteiger partial charge in [0, 0.05) is 25.5 Å². The molecule has 2 nitrogen and oxygen atoms in total. The zero-order valence-corrected chi connectivity index (χ0v) is 15.2. The fraction of sp³-hybridized carbons (Fsp3) is 0.375. The highest BCUT2D eigenvalue weighted by Crippen LogP contribution is 2.40. The zero-order chi connectivity index (χ0) is 15.0. The molecule has 0 amide bonds. The molecule has 3 rings (SSSR count). The second kappa shape index (κ2) is 6.32. The number of hydrogen-bond acceptors (Lipinski definition) is 4. The largest absolute Gasteiger partial charge is 0.496 e. The Kier molecular flexibility index (Phi) is 4.64. The molecule has 1 aromatic heterocycles. The molecule has 112 valence electrons. The molecular formula is C16H17BrO2S2. The molecule has 1 atom stereocenters. The van der Waals surface area contributed by atoms with Crippen LogP contribution in [0.5, 0.6) is 5.75 Å². The van der Waals surface area contributed by atoms with E-state index in [1.165, 1.54) is 16.2 Å². The van der Waals surface area contributed by atoms with Gasteiger partial charge in [-0.15, -0.1) is 11.3 Å². The van der Waals surface area contributed by atoms with Crippen molar-refractivity contribution in [1.29, 1.82) is 0 Å². The van der Waals surface area contributed by atoms with Crippen molar-refractivity contribution in [3.63, 3.8) is 0 Å². The fourth-order valence-electron chi connectivity index (χ4n) is 2.52. The molecule has 0 aliphatic carbocycles. The van der Waals surface area contributed by atoms with Crippen molar-refractivity contribution < 1.29 is 9.84 Å². The highest BCUT2D eigenvalue weighted by Gasteiger charge is 2.22. The van der Waals surface area contributed by atoms with E-state index in [1.807, 2.05) is 30.8 Å². The van der Waals surface area contributed by atoms with Crippen molar-refractivity contribution in [3.05, 3.63) is 49.1 Å². The summed E-state index contributed by atoms with van der Waals surface area (Å²) in [6.07, 6.45) is 0.490. The van der Waals surface area contributed by atoms with Gasteiger partial charge in [-0.3, -0.25) is 0 Å². The molecule has 0 bridgehead atoms. The molecule has 1 N–H and O–H groups in total. The monoisotopic (exact) mass is 384 g/mol. The van der Waals surface area contributed by atoms with Crippen molar-refractivity contribution >= 4 is 39.0 Å². The first kappa shape index (κ1) is 15.4. The topological polar surface area (TPSA) is 29.5 Å². The van der Waals surface area contributed by atoms with Crippen LogP contribution in [0, 0.1) is 6.92 Å². The highest BCUT2D eigenvalue weighted by atomic mass is 79.9. The van der Waals surface area contributed by atoms with Crippen molar-refractivity contribution in [2.45, 2.75) is 25.2 Å². The first-order valence-corrected chi connectivity index (χ1v) is 9.58. The van der Waals surface area contributed by atoms with Gasteiger partial charge in [-0.2, -0.15) is 11.8 Å². The molecule has 1 unspecified atom stereocenters. The van der Waals surface area contributed by atoms with E-state index in [-0.39, 0.29) is 0 Å². The number of aliphatic hydroxyl groups is 1. The molecule has 0 spiro atoms. The Bertz CT molecular complexity index is 643. The van der Waals surface area contributed by atoms with Gasteiger partial charge in [-0.1, -0.05) is 15.9 Å². The summed E-state index contributed by atoms with van der Waals surface area (Å²) in [6.45, 7) is 2.02. The summed E-state index contributed by atoms with van der Waals surface area (Å²) in [5.74, 6) is 2.99. The van der Waals surface area contributed by atoms with Gasteiger partial charge in [0.1, 0.15) is 11.9 Å². The average Bonchev–Trinajstić information content (AvgIpc) is 2.92. The van der Waals surface area contributed by atoms with Gasteiger partial charge in [0.05, 0.1) is 7.11 Å². The Labute approximate surface area is 141 Å². The average molecular weight is 385 g/mol. The second-order valence-electron chi connectivity index (χ2n) is 5.15. The first-order chi connectivity index (χ1) is 10.1. The van der Waals surface area contributed by atoms with E-state index < -0.39 is 6.10 Å². The molecule has 21 heavy (non-hydrogen) atoms. The summed E-state index contributed by atoms with van der Waals surface area (Å²) in [4.78, 5) is 2.43. The van der Waals surface area contributed by atoms with Crippen molar-refractivity contribution in [1.82, 2.24) is 0 Å². The van der Waals surface area contributed by atoms with E-state index in [1.54, 1.807) is 18.4 Å². The number of thioether (sulfide) groups is 1. The first-order valence-electron chi connectivity index (χ1n) is 6.81. The molecule has 0 saturated heterocycles.